The Morgan fingerprint density at radius 1 is 1.22 bits per heavy atom. The van der Waals surface area contributed by atoms with Crippen molar-refractivity contribution < 1.29 is 14.6 Å². The van der Waals surface area contributed by atoms with Crippen LogP contribution in [0.4, 0.5) is 0 Å². The first-order valence-corrected chi connectivity index (χ1v) is 6.37. The minimum absolute atomic E-state index is 0.0208. The molecule has 18 heavy (non-hydrogen) atoms. The number of aromatic hydroxyl groups is 1. The third kappa shape index (κ3) is 2.09. The summed E-state index contributed by atoms with van der Waals surface area (Å²) in [5.74, 6) is -0.465. The zero-order valence-electron chi connectivity index (χ0n) is 11.2. The van der Waals surface area contributed by atoms with Crippen LogP contribution in [0, 0.1) is 5.41 Å². The molecule has 0 heterocycles. The fourth-order valence-electron chi connectivity index (χ4n) is 2.57. The summed E-state index contributed by atoms with van der Waals surface area (Å²) in [7, 11) is 0. The molecule has 3 heteroatoms. The van der Waals surface area contributed by atoms with Gasteiger partial charge in [-0.25, -0.2) is 4.79 Å². The van der Waals surface area contributed by atoms with Gasteiger partial charge in [0, 0.05) is 5.41 Å². The molecule has 0 aromatic heterocycles. The average molecular weight is 248 g/mol. The predicted octanol–water partition coefficient (Wildman–Crippen LogP) is 3.52. The summed E-state index contributed by atoms with van der Waals surface area (Å²) in [6.07, 6.45) is 2.99. The van der Waals surface area contributed by atoms with Crippen molar-refractivity contribution in [2.24, 2.45) is 5.41 Å². The van der Waals surface area contributed by atoms with Crippen LogP contribution in [0.5, 0.6) is 5.75 Å². The largest absolute Gasteiger partial charge is 0.507 e. The average Bonchev–Trinajstić information content (AvgIpc) is 2.53. The number of carbonyl (C=O) groups is 1. The predicted molar refractivity (Wildman–Crippen MR) is 69.6 cm³/mol. The molecule has 1 aliphatic rings. The van der Waals surface area contributed by atoms with Gasteiger partial charge >= 0.3 is 5.97 Å². The minimum Gasteiger partial charge on any atom is -0.507 e. The highest BCUT2D eigenvalue weighted by Gasteiger charge is 2.48. The van der Waals surface area contributed by atoms with Gasteiger partial charge in [-0.3, -0.25) is 0 Å². The van der Waals surface area contributed by atoms with Crippen LogP contribution in [0.25, 0.3) is 0 Å². The van der Waals surface area contributed by atoms with Gasteiger partial charge in [0.05, 0.1) is 0 Å². The lowest BCUT2D eigenvalue weighted by atomic mass is 9.79. The lowest BCUT2D eigenvalue weighted by Crippen LogP contribution is -2.41. The summed E-state index contributed by atoms with van der Waals surface area (Å²) in [6, 6.07) is 6.49. The smallest absolute Gasteiger partial charge is 0.342 e. The highest BCUT2D eigenvalue weighted by Crippen LogP contribution is 2.48. The first kappa shape index (κ1) is 12.9. The van der Waals surface area contributed by atoms with Crippen LogP contribution in [0.3, 0.4) is 0 Å². The summed E-state index contributed by atoms with van der Waals surface area (Å²) >= 11 is 0. The molecular formula is C15H20O3. The molecule has 0 radical (unpaired) electrons. The molecule has 0 amide bonds. The molecule has 3 nitrogen and oxygen atoms in total. The van der Waals surface area contributed by atoms with E-state index < -0.39 is 11.6 Å². The maximum absolute atomic E-state index is 12.1. The van der Waals surface area contributed by atoms with E-state index in [1.54, 1.807) is 18.2 Å². The van der Waals surface area contributed by atoms with E-state index in [0.717, 1.165) is 19.3 Å². The van der Waals surface area contributed by atoms with Crippen LogP contribution in [0.15, 0.2) is 24.3 Å². The van der Waals surface area contributed by atoms with Gasteiger partial charge in [-0.15, -0.1) is 0 Å². The fraction of sp³-hybridized carbons (Fsp3) is 0.533. The second-order valence-corrected chi connectivity index (χ2v) is 5.87. The molecule has 1 N–H and O–H groups in total. The van der Waals surface area contributed by atoms with Gasteiger partial charge in [-0.1, -0.05) is 26.0 Å². The summed E-state index contributed by atoms with van der Waals surface area (Å²) in [5, 5.41) is 9.67. The Labute approximate surface area is 108 Å². The second-order valence-electron chi connectivity index (χ2n) is 5.87. The minimum atomic E-state index is -0.452. The van der Waals surface area contributed by atoms with Gasteiger partial charge in [0.1, 0.15) is 16.9 Å². The molecule has 0 spiro atoms. The maximum atomic E-state index is 12.1. The first-order valence-electron chi connectivity index (χ1n) is 6.37. The molecule has 2 rings (SSSR count). The molecular weight excluding hydrogens is 228 g/mol. The number of esters is 1. The number of hydrogen-bond donors (Lipinski definition) is 1. The monoisotopic (exact) mass is 248 g/mol. The molecule has 1 aliphatic carbocycles. The van der Waals surface area contributed by atoms with Crippen LogP contribution >= 0.6 is 0 Å². The van der Waals surface area contributed by atoms with Crippen molar-refractivity contribution in [3.63, 3.8) is 0 Å². The quantitative estimate of drug-likeness (QED) is 0.814. The van der Waals surface area contributed by atoms with Gasteiger partial charge < -0.3 is 9.84 Å². The molecule has 1 aromatic rings. The van der Waals surface area contributed by atoms with E-state index >= 15 is 0 Å². The Bertz CT molecular complexity index is 465. The molecule has 0 bridgehead atoms. The Morgan fingerprint density at radius 2 is 1.89 bits per heavy atom. The van der Waals surface area contributed by atoms with Crippen LogP contribution in [-0.2, 0) is 4.74 Å². The van der Waals surface area contributed by atoms with E-state index in [9.17, 15) is 9.90 Å². The molecule has 1 unspecified atom stereocenters. The summed E-state index contributed by atoms with van der Waals surface area (Å²) < 4.78 is 5.68. The normalized spacial score (nSPS) is 25.9. The number of para-hydroxylation sites is 1. The first-order chi connectivity index (χ1) is 8.36. The standard InChI is InChI=1S/C15H20O3/c1-14(2)9-6-10-15(14,3)18-13(17)11-7-4-5-8-12(11)16/h4-5,7-8,16H,6,9-10H2,1-3H3. The van der Waals surface area contributed by atoms with Gasteiger partial charge in [0.2, 0.25) is 0 Å². The topological polar surface area (TPSA) is 46.5 Å². The highest BCUT2D eigenvalue weighted by molar-refractivity contribution is 5.92. The summed E-state index contributed by atoms with van der Waals surface area (Å²) in [5.41, 5.74) is -0.235. The van der Waals surface area contributed by atoms with Crippen LogP contribution in [0.2, 0.25) is 0 Å². The third-order valence-electron chi connectivity index (χ3n) is 4.33. The van der Waals surface area contributed by atoms with Crippen molar-refractivity contribution in [1.29, 1.82) is 0 Å². The molecule has 0 aliphatic heterocycles. The van der Waals surface area contributed by atoms with Crippen LogP contribution < -0.4 is 0 Å². The Kier molecular flexibility index (Phi) is 3.09. The van der Waals surface area contributed by atoms with Crippen molar-refractivity contribution in [2.75, 3.05) is 0 Å². The van der Waals surface area contributed by atoms with E-state index in [4.69, 9.17) is 4.74 Å². The lowest BCUT2D eigenvalue weighted by molar-refractivity contribution is -0.0563. The molecule has 1 saturated carbocycles. The number of carbonyl (C=O) groups excluding carboxylic acids is 1. The van der Waals surface area contributed by atoms with Gasteiger partial charge in [0.15, 0.2) is 0 Å². The van der Waals surface area contributed by atoms with Crippen molar-refractivity contribution in [1.82, 2.24) is 0 Å². The van der Waals surface area contributed by atoms with Crippen molar-refractivity contribution in [3.8, 4) is 5.75 Å². The van der Waals surface area contributed by atoms with Crippen molar-refractivity contribution >= 4 is 5.97 Å². The number of hydrogen-bond acceptors (Lipinski definition) is 3. The Hall–Kier alpha value is -1.51. The fourth-order valence-corrected chi connectivity index (χ4v) is 2.57. The van der Waals surface area contributed by atoms with E-state index in [1.807, 2.05) is 6.92 Å². The number of rotatable bonds is 2. The molecule has 1 atom stereocenters. The van der Waals surface area contributed by atoms with Gasteiger partial charge in [-0.05, 0) is 38.3 Å². The molecule has 98 valence electrons. The summed E-state index contributed by atoms with van der Waals surface area (Å²) in [6.45, 7) is 6.23. The van der Waals surface area contributed by atoms with Crippen LogP contribution in [-0.4, -0.2) is 16.7 Å². The molecule has 1 aromatic carbocycles. The zero-order chi connectivity index (χ0) is 13.4. The highest BCUT2D eigenvalue weighted by atomic mass is 16.6. The number of phenols is 1. The summed E-state index contributed by atoms with van der Waals surface area (Å²) in [4.78, 5) is 12.1. The second kappa shape index (κ2) is 4.30. The third-order valence-corrected chi connectivity index (χ3v) is 4.33. The number of phenolic OH excluding ortho intramolecular Hbond substituents is 1. The van der Waals surface area contributed by atoms with Gasteiger partial charge in [-0.2, -0.15) is 0 Å². The Morgan fingerprint density at radius 3 is 2.44 bits per heavy atom. The number of benzene rings is 1. The van der Waals surface area contributed by atoms with E-state index in [-0.39, 0.29) is 16.7 Å². The van der Waals surface area contributed by atoms with Gasteiger partial charge in [0.25, 0.3) is 0 Å². The molecule has 0 saturated heterocycles. The molecule has 1 fully saturated rings. The maximum Gasteiger partial charge on any atom is 0.342 e. The van der Waals surface area contributed by atoms with E-state index in [2.05, 4.69) is 13.8 Å². The van der Waals surface area contributed by atoms with Crippen molar-refractivity contribution in [3.05, 3.63) is 29.8 Å². The van der Waals surface area contributed by atoms with Crippen LogP contribution in [0.1, 0.15) is 50.4 Å². The zero-order valence-corrected chi connectivity index (χ0v) is 11.2. The van der Waals surface area contributed by atoms with Crippen molar-refractivity contribution in [2.45, 2.75) is 45.6 Å². The lowest BCUT2D eigenvalue weighted by Gasteiger charge is -2.37. The SMILES string of the molecule is CC1(C)CCCC1(C)OC(=O)c1ccccc1O. The Balaban J connectivity index is 2.20. The van der Waals surface area contributed by atoms with E-state index in [1.165, 1.54) is 6.07 Å². The number of ether oxygens (including phenoxy) is 1. The van der Waals surface area contributed by atoms with E-state index in [0.29, 0.717) is 0 Å².